The first-order valence-corrected chi connectivity index (χ1v) is 8.34. The minimum atomic E-state index is -0.347. The zero-order valence-electron chi connectivity index (χ0n) is 13.6. The van der Waals surface area contributed by atoms with Crippen molar-refractivity contribution in [2.75, 3.05) is 0 Å². The number of carbonyl (C=O) groups excluding carboxylic acids is 2. The highest BCUT2D eigenvalue weighted by atomic mass is 19.1. The van der Waals surface area contributed by atoms with E-state index in [-0.39, 0.29) is 41.7 Å². The maximum atomic E-state index is 12.9. The molecule has 2 unspecified atom stereocenters. The summed E-state index contributed by atoms with van der Waals surface area (Å²) in [5, 5.41) is 3.04. The van der Waals surface area contributed by atoms with Gasteiger partial charge in [0, 0.05) is 29.6 Å². The maximum absolute atomic E-state index is 12.9. The van der Waals surface area contributed by atoms with Gasteiger partial charge >= 0.3 is 0 Å². The third-order valence-electron chi connectivity index (χ3n) is 4.92. The first-order valence-electron chi connectivity index (χ1n) is 8.34. The fourth-order valence-electron chi connectivity index (χ4n) is 3.82. The van der Waals surface area contributed by atoms with E-state index in [9.17, 15) is 14.0 Å². The Balaban J connectivity index is 1.63. The van der Waals surface area contributed by atoms with Crippen molar-refractivity contribution in [1.82, 2.24) is 10.2 Å². The summed E-state index contributed by atoms with van der Waals surface area (Å²) in [6, 6.07) is 6.14. The number of carbonyl (C=O) groups is 2. The Labute approximate surface area is 136 Å². The van der Waals surface area contributed by atoms with Gasteiger partial charge in [-0.3, -0.25) is 9.59 Å². The zero-order chi connectivity index (χ0) is 16.6. The monoisotopic (exact) mass is 318 g/mol. The first-order chi connectivity index (χ1) is 11.0. The SMILES string of the molecule is CC(C)C(=O)N1C2CCC1CC(NC(=O)c1ccc(F)cc1)C2. The number of hydrogen-bond donors (Lipinski definition) is 1. The number of rotatable bonds is 3. The van der Waals surface area contributed by atoms with Crippen LogP contribution in [0.25, 0.3) is 0 Å². The van der Waals surface area contributed by atoms with E-state index in [2.05, 4.69) is 5.32 Å². The maximum Gasteiger partial charge on any atom is 0.251 e. The lowest BCUT2D eigenvalue weighted by Gasteiger charge is -2.40. The second-order valence-electron chi connectivity index (χ2n) is 6.93. The van der Waals surface area contributed by atoms with E-state index < -0.39 is 0 Å². The minimum Gasteiger partial charge on any atom is -0.349 e. The Hall–Kier alpha value is -1.91. The first kappa shape index (κ1) is 16.0. The Morgan fingerprint density at radius 2 is 1.70 bits per heavy atom. The van der Waals surface area contributed by atoms with Crippen LogP contribution in [0.4, 0.5) is 4.39 Å². The normalized spacial score (nSPS) is 26.4. The Morgan fingerprint density at radius 1 is 1.13 bits per heavy atom. The van der Waals surface area contributed by atoms with Crippen LogP contribution >= 0.6 is 0 Å². The van der Waals surface area contributed by atoms with E-state index in [4.69, 9.17) is 0 Å². The van der Waals surface area contributed by atoms with Crippen LogP contribution in [0.1, 0.15) is 49.9 Å². The Morgan fingerprint density at radius 3 is 2.22 bits per heavy atom. The summed E-state index contributed by atoms with van der Waals surface area (Å²) in [6.07, 6.45) is 3.65. The highest BCUT2D eigenvalue weighted by molar-refractivity contribution is 5.94. The minimum absolute atomic E-state index is 0.0171. The molecule has 0 saturated carbocycles. The fraction of sp³-hybridized carbons (Fsp3) is 0.556. The molecule has 0 aromatic heterocycles. The molecule has 2 fully saturated rings. The van der Waals surface area contributed by atoms with Crippen molar-refractivity contribution in [3.8, 4) is 0 Å². The van der Waals surface area contributed by atoms with Crippen LogP contribution in [0.15, 0.2) is 24.3 Å². The average molecular weight is 318 g/mol. The molecule has 124 valence electrons. The molecule has 0 aliphatic carbocycles. The predicted molar refractivity (Wildman–Crippen MR) is 85.4 cm³/mol. The summed E-state index contributed by atoms with van der Waals surface area (Å²) in [5.74, 6) is -0.276. The zero-order valence-corrected chi connectivity index (χ0v) is 13.6. The number of fused-ring (bicyclic) bond motifs is 2. The molecule has 1 aromatic carbocycles. The number of piperidine rings is 1. The van der Waals surface area contributed by atoms with E-state index in [1.54, 1.807) is 0 Å². The Kier molecular flexibility index (Phi) is 4.37. The fourth-order valence-corrected chi connectivity index (χ4v) is 3.82. The summed E-state index contributed by atoms with van der Waals surface area (Å²) in [7, 11) is 0. The summed E-state index contributed by atoms with van der Waals surface area (Å²) < 4.78 is 12.9. The number of amides is 2. The van der Waals surface area contributed by atoms with Crippen molar-refractivity contribution in [3.63, 3.8) is 0 Å². The molecular weight excluding hydrogens is 295 g/mol. The van der Waals surface area contributed by atoms with Crippen molar-refractivity contribution in [2.45, 2.75) is 57.7 Å². The third-order valence-corrected chi connectivity index (χ3v) is 4.92. The molecule has 4 nitrogen and oxygen atoms in total. The summed E-state index contributed by atoms with van der Waals surface area (Å²) in [4.78, 5) is 26.7. The van der Waals surface area contributed by atoms with E-state index >= 15 is 0 Å². The van der Waals surface area contributed by atoms with Gasteiger partial charge in [-0.05, 0) is 49.9 Å². The molecular formula is C18H23FN2O2. The van der Waals surface area contributed by atoms with Crippen LogP contribution in [-0.2, 0) is 4.79 Å². The van der Waals surface area contributed by atoms with Gasteiger partial charge in [-0.25, -0.2) is 4.39 Å². The van der Waals surface area contributed by atoms with Gasteiger partial charge < -0.3 is 10.2 Å². The third kappa shape index (κ3) is 3.23. The number of nitrogens with one attached hydrogen (secondary N) is 1. The molecule has 1 aromatic rings. The summed E-state index contributed by atoms with van der Waals surface area (Å²) >= 11 is 0. The predicted octanol–water partition coefficient (Wildman–Crippen LogP) is 2.73. The standard InChI is InChI=1S/C18H23FN2O2/c1-11(2)18(23)21-15-7-8-16(21)10-14(9-15)20-17(22)12-3-5-13(19)6-4-12/h3-6,11,14-16H,7-10H2,1-2H3,(H,20,22). The number of benzene rings is 1. The van der Waals surface area contributed by atoms with Crippen molar-refractivity contribution >= 4 is 11.8 Å². The highest BCUT2D eigenvalue weighted by Crippen LogP contribution is 2.36. The molecule has 23 heavy (non-hydrogen) atoms. The average Bonchev–Trinajstić information content (AvgIpc) is 2.78. The molecule has 2 aliphatic rings. The molecule has 2 amide bonds. The molecule has 2 aliphatic heterocycles. The van der Waals surface area contributed by atoms with Gasteiger partial charge in [-0.15, -0.1) is 0 Å². The molecule has 1 N–H and O–H groups in total. The van der Waals surface area contributed by atoms with Crippen LogP contribution in [0.3, 0.4) is 0 Å². The number of nitrogens with zero attached hydrogens (tertiary/aromatic N) is 1. The lowest BCUT2D eigenvalue weighted by atomic mass is 9.95. The molecule has 2 bridgehead atoms. The molecule has 2 heterocycles. The number of hydrogen-bond acceptors (Lipinski definition) is 2. The van der Waals surface area contributed by atoms with Gasteiger partial charge in [0.25, 0.3) is 5.91 Å². The molecule has 0 radical (unpaired) electrons. The van der Waals surface area contributed by atoms with Gasteiger partial charge in [0.1, 0.15) is 5.82 Å². The van der Waals surface area contributed by atoms with Crippen LogP contribution in [-0.4, -0.2) is 34.8 Å². The lowest BCUT2D eigenvalue weighted by molar-refractivity contribution is -0.139. The van der Waals surface area contributed by atoms with Crippen molar-refractivity contribution in [1.29, 1.82) is 0 Å². The van der Waals surface area contributed by atoms with Gasteiger partial charge in [0.2, 0.25) is 5.91 Å². The van der Waals surface area contributed by atoms with Crippen molar-refractivity contribution < 1.29 is 14.0 Å². The smallest absolute Gasteiger partial charge is 0.251 e. The molecule has 2 atom stereocenters. The topological polar surface area (TPSA) is 49.4 Å². The van der Waals surface area contributed by atoms with Crippen LogP contribution < -0.4 is 5.32 Å². The second-order valence-corrected chi connectivity index (χ2v) is 6.93. The van der Waals surface area contributed by atoms with Crippen LogP contribution in [0.5, 0.6) is 0 Å². The van der Waals surface area contributed by atoms with Crippen molar-refractivity contribution in [2.24, 2.45) is 5.92 Å². The molecule has 5 heteroatoms. The van der Waals surface area contributed by atoms with E-state index in [0.29, 0.717) is 5.56 Å². The number of halogens is 1. The molecule has 2 saturated heterocycles. The van der Waals surface area contributed by atoms with Gasteiger partial charge in [-0.1, -0.05) is 13.8 Å². The molecule has 3 rings (SSSR count). The van der Waals surface area contributed by atoms with Crippen molar-refractivity contribution in [3.05, 3.63) is 35.6 Å². The second kappa shape index (κ2) is 6.30. The van der Waals surface area contributed by atoms with E-state index in [1.807, 2.05) is 18.7 Å². The van der Waals surface area contributed by atoms with Gasteiger partial charge in [0.05, 0.1) is 0 Å². The largest absolute Gasteiger partial charge is 0.349 e. The summed E-state index contributed by atoms with van der Waals surface area (Å²) in [5.41, 5.74) is 0.472. The van der Waals surface area contributed by atoms with E-state index in [0.717, 1.165) is 25.7 Å². The summed E-state index contributed by atoms with van der Waals surface area (Å²) in [6.45, 7) is 3.87. The van der Waals surface area contributed by atoms with Gasteiger partial charge in [-0.2, -0.15) is 0 Å². The quantitative estimate of drug-likeness (QED) is 0.931. The highest BCUT2D eigenvalue weighted by Gasteiger charge is 2.43. The van der Waals surface area contributed by atoms with Crippen LogP contribution in [0.2, 0.25) is 0 Å². The van der Waals surface area contributed by atoms with Gasteiger partial charge in [0.15, 0.2) is 0 Å². The lowest BCUT2D eigenvalue weighted by Crippen LogP contribution is -2.53. The molecule has 0 spiro atoms. The Bertz CT molecular complexity index is 586. The van der Waals surface area contributed by atoms with E-state index in [1.165, 1.54) is 24.3 Å². The van der Waals surface area contributed by atoms with Crippen LogP contribution in [0, 0.1) is 11.7 Å².